The van der Waals surface area contributed by atoms with Gasteiger partial charge in [0, 0.05) is 6.42 Å². The Morgan fingerprint density at radius 3 is 2.66 bits per heavy atom. The molecule has 194 valence electrons. The summed E-state index contributed by atoms with van der Waals surface area (Å²) in [7, 11) is 0. The first-order valence-corrected chi connectivity index (χ1v) is 12.9. The van der Waals surface area contributed by atoms with Gasteiger partial charge in [-0.15, -0.1) is 0 Å². The third-order valence-corrected chi connectivity index (χ3v) is 9.62. The molecule has 0 heterocycles. The lowest BCUT2D eigenvalue weighted by Crippen LogP contribution is -2.51. The Balaban J connectivity index is 1.35. The second-order valence-electron chi connectivity index (χ2n) is 11.5. The van der Waals surface area contributed by atoms with Gasteiger partial charge in [0.2, 0.25) is 5.91 Å². The minimum absolute atomic E-state index is 0.0727. The molecule has 4 aliphatic carbocycles. The van der Waals surface area contributed by atoms with Crippen molar-refractivity contribution in [2.45, 2.75) is 90.2 Å². The zero-order valence-electron chi connectivity index (χ0n) is 20.8. The molecular formula is C26H39N3O6. The first-order chi connectivity index (χ1) is 16.5. The number of aliphatic carboxylic acids is 1. The normalized spacial score (nSPS) is 37.9. The van der Waals surface area contributed by atoms with Crippen molar-refractivity contribution in [3.8, 4) is 0 Å². The van der Waals surface area contributed by atoms with E-state index >= 15 is 0 Å². The number of aliphatic hydroxyl groups is 1. The molecule has 4 aliphatic rings. The maximum absolute atomic E-state index is 12.1. The lowest BCUT2D eigenvalue weighted by Gasteiger charge is -2.57. The molecule has 0 bridgehead atoms. The Morgan fingerprint density at radius 2 is 1.94 bits per heavy atom. The highest BCUT2D eigenvalue weighted by atomic mass is 16.6. The summed E-state index contributed by atoms with van der Waals surface area (Å²) in [5.41, 5.74) is 7.50. The van der Waals surface area contributed by atoms with Crippen LogP contribution in [0.25, 0.3) is 0 Å². The number of carbonyl (C=O) groups excluding carboxylic acids is 2. The third kappa shape index (κ3) is 4.97. The van der Waals surface area contributed by atoms with Crippen LogP contribution in [-0.4, -0.2) is 52.5 Å². The number of hydrogen-bond donors (Lipinski definition) is 4. The number of nitrogens with zero attached hydrogens (tertiary/aromatic N) is 1. The SMILES string of the molecule is C[C@]12CC[C@@H]3[C@H](CCC4=C/C(=N/OCC(=O)N[C@@H](CCC(N)=O)C(=O)O)CC[C@@]43C)[C@@H]1CC[C@@H]2O. The molecule has 4 rings (SSSR count). The van der Waals surface area contributed by atoms with Gasteiger partial charge in [-0.2, -0.15) is 0 Å². The number of hydrogen-bond acceptors (Lipinski definition) is 6. The number of primary amides is 1. The number of nitrogens with one attached hydrogen (secondary N) is 1. The van der Waals surface area contributed by atoms with E-state index in [1.54, 1.807) is 0 Å². The van der Waals surface area contributed by atoms with Crippen molar-refractivity contribution in [2.75, 3.05) is 6.61 Å². The van der Waals surface area contributed by atoms with Crippen LogP contribution < -0.4 is 11.1 Å². The van der Waals surface area contributed by atoms with Crippen molar-refractivity contribution in [1.29, 1.82) is 0 Å². The van der Waals surface area contributed by atoms with E-state index in [0.29, 0.717) is 17.8 Å². The van der Waals surface area contributed by atoms with Crippen molar-refractivity contribution < 1.29 is 29.4 Å². The minimum atomic E-state index is -1.23. The van der Waals surface area contributed by atoms with E-state index in [4.69, 9.17) is 10.6 Å². The molecule has 0 aliphatic heterocycles. The number of carboxylic acids is 1. The van der Waals surface area contributed by atoms with E-state index in [-0.39, 0.29) is 29.8 Å². The predicted octanol–water partition coefficient (Wildman–Crippen LogP) is 2.52. The highest BCUT2D eigenvalue weighted by molar-refractivity contribution is 5.96. The molecule has 3 saturated carbocycles. The summed E-state index contributed by atoms with van der Waals surface area (Å²) in [4.78, 5) is 39.5. The van der Waals surface area contributed by atoms with Gasteiger partial charge in [0.25, 0.3) is 5.91 Å². The Morgan fingerprint density at radius 1 is 1.17 bits per heavy atom. The van der Waals surface area contributed by atoms with Gasteiger partial charge in [-0.1, -0.05) is 24.6 Å². The number of rotatable bonds is 8. The van der Waals surface area contributed by atoms with Crippen molar-refractivity contribution in [2.24, 2.45) is 39.5 Å². The first-order valence-electron chi connectivity index (χ1n) is 12.9. The van der Waals surface area contributed by atoms with Crippen LogP contribution in [-0.2, 0) is 19.2 Å². The molecule has 7 atom stereocenters. The predicted molar refractivity (Wildman–Crippen MR) is 129 cm³/mol. The Hall–Kier alpha value is -2.42. The largest absolute Gasteiger partial charge is 0.480 e. The Bertz CT molecular complexity index is 932. The summed E-state index contributed by atoms with van der Waals surface area (Å²) in [6, 6.07) is -1.20. The van der Waals surface area contributed by atoms with Crippen LogP contribution in [0.2, 0.25) is 0 Å². The number of amides is 2. The summed E-state index contributed by atoms with van der Waals surface area (Å²) in [5, 5.41) is 26.4. The fourth-order valence-electron chi connectivity index (χ4n) is 7.57. The van der Waals surface area contributed by atoms with E-state index in [0.717, 1.165) is 57.1 Å². The maximum Gasteiger partial charge on any atom is 0.326 e. The quantitative estimate of drug-likeness (QED) is 0.385. The number of aliphatic hydroxyl groups excluding tert-OH is 1. The molecule has 0 radical (unpaired) electrons. The summed E-state index contributed by atoms with van der Waals surface area (Å²) in [5.74, 6) is -0.542. The standard InChI is InChI=1S/C26H39N3O6/c1-25-11-9-16(29-35-14-23(32)28-20(24(33)34)6-8-22(27)31)13-15(25)3-4-17-18-5-7-21(30)26(18,2)12-10-19(17)25/h13,17-21,30H,3-12,14H2,1-2H3,(H2,27,31)(H,28,32)(H,33,34)/b29-16+/t17-,18+,19-,20+,21+,25+,26+/m1/s1. The van der Waals surface area contributed by atoms with Crippen molar-refractivity contribution >= 4 is 23.5 Å². The molecular weight excluding hydrogens is 450 g/mol. The van der Waals surface area contributed by atoms with Gasteiger partial charge in [0.15, 0.2) is 6.61 Å². The monoisotopic (exact) mass is 489 g/mol. The molecule has 0 spiro atoms. The van der Waals surface area contributed by atoms with Crippen LogP contribution in [0.15, 0.2) is 16.8 Å². The maximum atomic E-state index is 12.1. The van der Waals surface area contributed by atoms with Crippen molar-refractivity contribution in [3.05, 3.63) is 11.6 Å². The molecule has 9 nitrogen and oxygen atoms in total. The van der Waals surface area contributed by atoms with E-state index < -0.39 is 30.4 Å². The summed E-state index contributed by atoms with van der Waals surface area (Å²) >= 11 is 0. The zero-order valence-corrected chi connectivity index (χ0v) is 20.8. The number of allylic oxidation sites excluding steroid dienone is 2. The summed E-state index contributed by atoms with van der Waals surface area (Å²) < 4.78 is 0. The number of carboxylic acid groups (broad SMARTS) is 1. The van der Waals surface area contributed by atoms with E-state index in [9.17, 15) is 24.6 Å². The van der Waals surface area contributed by atoms with Crippen LogP contribution in [0.3, 0.4) is 0 Å². The molecule has 3 fully saturated rings. The molecule has 0 aromatic heterocycles. The van der Waals surface area contributed by atoms with Gasteiger partial charge in [-0.05, 0) is 92.4 Å². The van der Waals surface area contributed by atoms with E-state index in [2.05, 4.69) is 30.4 Å². The van der Waals surface area contributed by atoms with Gasteiger partial charge < -0.3 is 26.1 Å². The molecule has 0 saturated heterocycles. The third-order valence-electron chi connectivity index (χ3n) is 9.62. The lowest BCUT2D eigenvalue weighted by molar-refractivity contribution is -0.142. The number of oxime groups is 1. The molecule has 35 heavy (non-hydrogen) atoms. The smallest absolute Gasteiger partial charge is 0.326 e. The van der Waals surface area contributed by atoms with Gasteiger partial charge >= 0.3 is 5.97 Å². The average Bonchev–Trinajstić information content (AvgIpc) is 3.11. The molecule has 2 amide bonds. The van der Waals surface area contributed by atoms with E-state index in [1.165, 1.54) is 5.57 Å². The number of fused-ring (bicyclic) bond motifs is 5. The van der Waals surface area contributed by atoms with Crippen molar-refractivity contribution in [1.82, 2.24) is 5.32 Å². The van der Waals surface area contributed by atoms with E-state index in [1.807, 2.05) is 0 Å². The second-order valence-corrected chi connectivity index (χ2v) is 11.5. The average molecular weight is 490 g/mol. The summed E-state index contributed by atoms with van der Waals surface area (Å²) in [6.45, 7) is 4.30. The molecule has 0 aromatic rings. The van der Waals surface area contributed by atoms with Gasteiger partial charge in [0.05, 0.1) is 11.8 Å². The minimum Gasteiger partial charge on any atom is -0.480 e. The van der Waals surface area contributed by atoms with Crippen LogP contribution in [0.4, 0.5) is 0 Å². The molecule has 0 unspecified atom stereocenters. The van der Waals surface area contributed by atoms with Gasteiger partial charge in [0.1, 0.15) is 6.04 Å². The highest BCUT2D eigenvalue weighted by Crippen LogP contribution is 2.65. The first kappa shape index (κ1) is 25.7. The van der Waals surface area contributed by atoms with Crippen LogP contribution >= 0.6 is 0 Å². The number of nitrogens with two attached hydrogens (primary N) is 1. The van der Waals surface area contributed by atoms with Crippen LogP contribution in [0, 0.1) is 28.6 Å². The topological polar surface area (TPSA) is 151 Å². The zero-order chi connectivity index (χ0) is 25.4. The van der Waals surface area contributed by atoms with Gasteiger partial charge in [-0.3, -0.25) is 9.59 Å². The molecule has 9 heteroatoms. The number of carbonyl (C=O) groups is 3. The summed E-state index contributed by atoms with van der Waals surface area (Å²) in [6.07, 6.45) is 10.1. The van der Waals surface area contributed by atoms with Crippen LogP contribution in [0.5, 0.6) is 0 Å². The van der Waals surface area contributed by atoms with Crippen LogP contribution in [0.1, 0.15) is 78.1 Å². The molecule has 0 aromatic carbocycles. The Kier molecular flexibility index (Phi) is 7.27. The highest BCUT2D eigenvalue weighted by Gasteiger charge is 2.58. The van der Waals surface area contributed by atoms with Crippen molar-refractivity contribution in [3.63, 3.8) is 0 Å². The van der Waals surface area contributed by atoms with Gasteiger partial charge in [-0.25, -0.2) is 4.79 Å². The second kappa shape index (κ2) is 9.91. The fraction of sp³-hybridized carbons (Fsp3) is 0.769. The Labute approximate surface area is 206 Å². The fourth-order valence-corrected chi connectivity index (χ4v) is 7.57. The lowest BCUT2D eigenvalue weighted by atomic mass is 9.47. The molecule has 5 N–H and O–H groups in total.